The number of hydrogen-bond acceptors (Lipinski definition) is 3. The number of nitrogens with zero attached hydrogens (tertiary/aromatic N) is 3. The lowest BCUT2D eigenvalue weighted by atomic mass is 10.3. The maximum Gasteiger partial charge on any atom is 0.239 e. The van der Waals surface area contributed by atoms with Gasteiger partial charge in [-0.05, 0) is 12.5 Å². The van der Waals surface area contributed by atoms with Gasteiger partial charge < -0.3 is 10.6 Å². The second-order valence-electron chi connectivity index (χ2n) is 3.60. The van der Waals surface area contributed by atoms with Crippen molar-refractivity contribution in [3.63, 3.8) is 0 Å². The zero-order valence-electron chi connectivity index (χ0n) is 8.18. The summed E-state index contributed by atoms with van der Waals surface area (Å²) in [5.74, 6) is 0.0474. The number of likely N-dealkylation sites (tertiary alicyclic amines) is 1. The largest absolute Gasteiger partial charge is 0.335 e. The third kappa shape index (κ3) is 1.50. The molecule has 1 amide bonds. The summed E-state index contributed by atoms with van der Waals surface area (Å²) in [7, 11) is 1.87. The van der Waals surface area contributed by atoms with E-state index in [4.69, 9.17) is 5.73 Å². The van der Waals surface area contributed by atoms with Crippen molar-refractivity contribution in [2.45, 2.75) is 19.0 Å². The van der Waals surface area contributed by atoms with Crippen molar-refractivity contribution >= 4 is 5.91 Å². The molecule has 1 aromatic rings. The maximum absolute atomic E-state index is 11.5. The monoisotopic (exact) mass is 194 g/mol. The van der Waals surface area contributed by atoms with E-state index in [0.717, 1.165) is 18.7 Å². The molecular weight excluding hydrogens is 180 g/mol. The Morgan fingerprint density at radius 2 is 2.50 bits per heavy atom. The van der Waals surface area contributed by atoms with Crippen molar-refractivity contribution in [1.29, 1.82) is 0 Å². The molecule has 2 rings (SSSR count). The maximum atomic E-state index is 11.5. The van der Waals surface area contributed by atoms with Gasteiger partial charge >= 0.3 is 0 Å². The van der Waals surface area contributed by atoms with E-state index in [1.807, 2.05) is 13.1 Å². The average molecular weight is 194 g/mol. The first-order valence-electron chi connectivity index (χ1n) is 4.70. The Bertz CT molecular complexity index is 346. The molecule has 0 spiro atoms. The lowest BCUT2D eigenvalue weighted by Crippen LogP contribution is -2.34. The highest BCUT2D eigenvalue weighted by Gasteiger charge is 2.28. The van der Waals surface area contributed by atoms with E-state index in [1.54, 1.807) is 15.8 Å². The Morgan fingerprint density at radius 3 is 3.00 bits per heavy atom. The molecule has 1 saturated heterocycles. The van der Waals surface area contributed by atoms with Gasteiger partial charge in [-0.2, -0.15) is 5.10 Å². The van der Waals surface area contributed by atoms with Crippen LogP contribution in [0.1, 0.15) is 12.1 Å². The molecule has 14 heavy (non-hydrogen) atoms. The molecule has 1 fully saturated rings. The molecule has 0 bridgehead atoms. The van der Waals surface area contributed by atoms with Crippen LogP contribution in [-0.2, 0) is 18.4 Å². The highest BCUT2D eigenvalue weighted by atomic mass is 16.2. The van der Waals surface area contributed by atoms with E-state index < -0.39 is 0 Å². The van der Waals surface area contributed by atoms with E-state index in [0.29, 0.717) is 6.54 Å². The lowest BCUT2D eigenvalue weighted by molar-refractivity contribution is -0.129. The zero-order chi connectivity index (χ0) is 10.1. The number of aryl methyl sites for hydroxylation is 1. The summed E-state index contributed by atoms with van der Waals surface area (Å²) >= 11 is 0. The van der Waals surface area contributed by atoms with Crippen LogP contribution < -0.4 is 5.73 Å². The molecule has 76 valence electrons. The Morgan fingerprint density at radius 1 is 1.71 bits per heavy atom. The first kappa shape index (κ1) is 9.21. The Hall–Kier alpha value is -1.36. The van der Waals surface area contributed by atoms with E-state index in [9.17, 15) is 4.79 Å². The van der Waals surface area contributed by atoms with Crippen LogP contribution in [-0.4, -0.2) is 33.2 Å². The minimum atomic E-state index is -0.303. The Labute approximate surface area is 82.5 Å². The second-order valence-corrected chi connectivity index (χ2v) is 3.60. The fourth-order valence-electron chi connectivity index (χ4n) is 1.67. The third-order valence-corrected chi connectivity index (χ3v) is 2.61. The molecule has 0 aromatic carbocycles. The van der Waals surface area contributed by atoms with Gasteiger partial charge in [0.15, 0.2) is 0 Å². The lowest BCUT2D eigenvalue weighted by Gasteiger charge is -2.15. The van der Waals surface area contributed by atoms with Crippen molar-refractivity contribution in [1.82, 2.24) is 14.7 Å². The first-order chi connectivity index (χ1) is 6.68. The number of hydrogen-bond donors (Lipinski definition) is 1. The molecular formula is C9H14N4O. The number of aromatic nitrogens is 2. The van der Waals surface area contributed by atoms with E-state index in [-0.39, 0.29) is 11.9 Å². The minimum Gasteiger partial charge on any atom is -0.335 e. The van der Waals surface area contributed by atoms with Crippen molar-refractivity contribution in [3.8, 4) is 0 Å². The van der Waals surface area contributed by atoms with Gasteiger partial charge in [-0.1, -0.05) is 0 Å². The molecule has 0 saturated carbocycles. The summed E-state index contributed by atoms with van der Waals surface area (Å²) in [6.07, 6.45) is 2.49. The summed E-state index contributed by atoms with van der Waals surface area (Å²) < 4.78 is 1.77. The summed E-state index contributed by atoms with van der Waals surface area (Å²) in [5, 5.41) is 4.05. The summed E-state index contributed by atoms with van der Waals surface area (Å²) in [6.45, 7) is 1.37. The molecule has 1 aliphatic rings. The van der Waals surface area contributed by atoms with Gasteiger partial charge in [0.2, 0.25) is 5.91 Å². The van der Waals surface area contributed by atoms with Gasteiger partial charge in [0.25, 0.3) is 0 Å². The SMILES string of the molecule is Cn1nccc1CN1CCC(N)C1=O. The minimum absolute atomic E-state index is 0.0474. The quantitative estimate of drug-likeness (QED) is 0.689. The fraction of sp³-hybridized carbons (Fsp3) is 0.556. The first-order valence-corrected chi connectivity index (χ1v) is 4.70. The van der Waals surface area contributed by atoms with Crippen LogP contribution >= 0.6 is 0 Å². The Balaban J connectivity index is 2.06. The van der Waals surface area contributed by atoms with Gasteiger partial charge in [0.1, 0.15) is 0 Å². The molecule has 0 radical (unpaired) electrons. The summed E-state index contributed by atoms with van der Waals surface area (Å²) in [4.78, 5) is 13.3. The molecule has 2 N–H and O–H groups in total. The van der Waals surface area contributed by atoms with Gasteiger partial charge in [-0.3, -0.25) is 9.48 Å². The molecule has 0 aliphatic carbocycles. The van der Waals surface area contributed by atoms with Crippen molar-refractivity contribution in [3.05, 3.63) is 18.0 Å². The molecule has 1 atom stereocenters. The van der Waals surface area contributed by atoms with Gasteiger partial charge in [0.05, 0.1) is 18.3 Å². The van der Waals surface area contributed by atoms with Crippen LogP contribution in [0.3, 0.4) is 0 Å². The van der Waals surface area contributed by atoms with E-state index in [2.05, 4.69) is 5.10 Å². The number of rotatable bonds is 2. The molecule has 1 aromatic heterocycles. The summed E-state index contributed by atoms with van der Waals surface area (Å²) in [5.41, 5.74) is 6.66. The normalized spacial score (nSPS) is 22.0. The molecule has 2 heterocycles. The van der Waals surface area contributed by atoms with Crippen molar-refractivity contribution in [2.24, 2.45) is 12.8 Å². The van der Waals surface area contributed by atoms with Crippen LogP contribution in [0.5, 0.6) is 0 Å². The van der Waals surface area contributed by atoms with Crippen LogP contribution in [0.15, 0.2) is 12.3 Å². The number of amides is 1. The molecule has 1 aliphatic heterocycles. The van der Waals surface area contributed by atoms with E-state index >= 15 is 0 Å². The smallest absolute Gasteiger partial charge is 0.239 e. The molecule has 5 heteroatoms. The zero-order valence-corrected chi connectivity index (χ0v) is 8.18. The Kier molecular flexibility index (Phi) is 2.25. The topological polar surface area (TPSA) is 64.2 Å². The second kappa shape index (κ2) is 3.42. The highest BCUT2D eigenvalue weighted by Crippen LogP contribution is 2.12. The van der Waals surface area contributed by atoms with Gasteiger partial charge in [-0.25, -0.2) is 0 Å². The number of nitrogens with two attached hydrogens (primary N) is 1. The fourth-order valence-corrected chi connectivity index (χ4v) is 1.67. The van der Waals surface area contributed by atoms with Crippen molar-refractivity contribution < 1.29 is 4.79 Å². The van der Waals surface area contributed by atoms with Crippen LogP contribution in [0.4, 0.5) is 0 Å². The highest BCUT2D eigenvalue weighted by molar-refractivity contribution is 5.83. The summed E-state index contributed by atoms with van der Waals surface area (Å²) in [6, 6.07) is 1.61. The number of carbonyl (C=O) groups is 1. The molecule has 1 unspecified atom stereocenters. The third-order valence-electron chi connectivity index (χ3n) is 2.61. The van der Waals surface area contributed by atoms with Gasteiger partial charge in [0, 0.05) is 19.8 Å². The van der Waals surface area contributed by atoms with E-state index in [1.165, 1.54) is 0 Å². The average Bonchev–Trinajstić information content (AvgIpc) is 2.68. The van der Waals surface area contributed by atoms with Gasteiger partial charge in [-0.15, -0.1) is 0 Å². The number of carbonyl (C=O) groups excluding carboxylic acids is 1. The van der Waals surface area contributed by atoms with Crippen LogP contribution in [0.2, 0.25) is 0 Å². The van der Waals surface area contributed by atoms with Crippen LogP contribution in [0, 0.1) is 0 Å². The predicted octanol–water partition coefficient (Wildman–Crippen LogP) is -0.520. The molecule has 5 nitrogen and oxygen atoms in total. The van der Waals surface area contributed by atoms with Crippen LogP contribution in [0.25, 0.3) is 0 Å². The predicted molar refractivity (Wildman–Crippen MR) is 51.2 cm³/mol. The standard InChI is InChI=1S/C9H14N4O/c1-12-7(2-4-11-12)6-13-5-3-8(10)9(13)14/h2,4,8H,3,5-6,10H2,1H3. The van der Waals surface area contributed by atoms with Crippen molar-refractivity contribution in [2.75, 3.05) is 6.54 Å².